The lowest BCUT2D eigenvalue weighted by Gasteiger charge is -2.24. The second-order valence-electron chi connectivity index (χ2n) is 5.40. The summed E-state index contributed by atoms with van der Waals surface area (Å²) in [6, 6.07) is 8.59. The topological polar surface area (TPSA) is 9.23 Å². The van der Waals surface area contributed by atoms with E-state index in [4.69, 9.17) is 4.74 Å². The van der Waals surface area contributed by atoms with E-state index in [0.717, 1.165) is 19.4 Å². The number of rotatable bonds is 7. The van der Waals surface area contributed by atoms with Crippen LogP contribution < -0.4 is 0 Å². The van der Waals surface area contributed by atoms with Gasteiger partial charge in [0.25, 0.3) is 0 Å². The van der Waals surface area contributed by atoms with Gasteiger partial charge in [-0.3, -0.25) is 0 Å². The van der Waals surface area contributed by atoms with Crippen molar-refractivity contribution in [2.75, 3.05) is 6.61 Å². The second-order valence-corrected chi connectivity index (χ2v) is 5.40. The van der Waals surface area contributed by atoms with Crippen LogP contribution in [0.5, 0.6) is 0 Å². The monoisotopic (exact) mass is 246 g/mol. The zero-order valence-electron chi connectivity index (χ0n) is 12.2. The van der Waals surface area contributed by atoms with Crippen molar-refractivity contribution >= 4 is 6.08 Å². The van der Waals surface area contributed by atoms with Crippen LogP contribution >= 0.6 is 0 Å². The summed E-state index contributed by atoms with van der Waals surface area (Å²) in [6.07, 6.45) is 7.87. The number of unbranched alkanes of at least 4 members (excludes halogenated alkanes) is 1. The first-order valence-electron chi connectivity index (χ1n) is 6.91. The summed E-state index contributed by atoms with van der Waals surface area (Å²) < 4.78 is 5.69. The van der Waals surface area contributed by atoms with Crippen molar-refractivity contribution < 1.29 is 4.74 Å². The number of ether oxygens (including phenoxy) is 1. The Morgan fingerprint density at radius 1 is 1.28 bits per heavy atom. The Kier molecular flexibility index (Phi) is 6.14. The van der Waals surface area contributed by atoms with E-state index in [-0.39, 0.29) is 5.60 Å². The zero-order chi connectivity index (χ0) is 13.4. The van der Waals surface area contributed by atoms with E-state index >= 15 is 0 Å². The van der Waals surface area contributed by atoms with Gasteiger partial charge in [0, 0.05) is 6.61 Å². The number of hydrogen-bond acceptors (Lipinski definition) is 1. The molecule has 100 valence electrons. The highest BCUT2D eigenvalue weighted by molar-refractivity contribution is 5.49. The molecular weight excluding hydrogens is 220 g/mol. The highest BCUT2D eigenvalue weighted by Crippen LogP contribution is 2.18. The van der Waals surface area contributed by atoms with Gasteiger partial charge in [-0.05, 0) is 52.5 Å². The van der Waals surface area contributed by atoms with E-state index in [2.05, 4.69) is 64.1 Å². The van der Waals surface area contributed by atoms with E-state index in [1.54, 1.807) is 0 Å². The Labute approximate surface area is 112 Å². The Hall–Kier alpha value is -1.08. The van der Waals surface area contributed by atoms with Gasteiger partial charge in [-0.15, -0.1) is 0 Å². The van der Waals surface area contributed by atoms with E-state index in [1.807, 2.05) is 0 Å². The zero-order valence-corrected chi connectivity index (χ0v) is 12.2. The van der Waals surface area contributed by atoms with Crippen LogP contribution in [0.15, 0.2) is 30.3 Å². The molecule has 18 heavy (non-hydrogen) atoms. The average Bonchev–Trinajstić information content (AvgIpc) is 2.28. The van der Waals surface area contributed by atoms with Crippen LogP contribution in [-0.2, 0) is 4.74 Å². The molecule has 0 aliphatic heterocycles. The van der Waals surface area contributed by atoms with Gasteiger partial charge in [-0.1, -0.05) is 42.0 Å². The molecule has 0 fully saturated rings. The molecule has 1 rings (SSSR count). The Morgan fingerprint density at radius 3 is 2.72 bits per heavy atom. The summed E-state index contributed by atoms with van der Waals surface area (Å²) in [6.45, 7) is 9.31. The average molecular weight is 246 g/mol. The molecule has 0 aromatic heterocycles. The minimum atomic E-state index is 0.0198. The standard InChI is InChI=1S/C17H26O/c1-5-18-17(3,4)13-8-6-7-11-16-12-9-10-15(2)14-16/h7,9-12,14H,5-6,8,13H2,1-4H3/b11-7+. The smallest absolute Gasteiger partial charge is 0.0626 e. The van der Waals surface area contributed by atoms with E-state index in [0.29, 0.717) is 0 Å². The molecule has 1 nitrogen and oxygen atoms in total. The molecule has 0 heterocycles. The van der Waals surface area contributed by atoms with Crippen LogP contribution in [0.25, 0.3) is 6.08 Å². The van der Waals surface area contributed by atoms with Crippen molar-refractivity contribution in [3.63, 3.8) is 0 Å². The van der Waals surface area contributed by atoms with Crippen molar-refractivity contribution in [3.05, 3.63) is 41.5 Å². The minimum Gasteiger partial charge on any atom is -0.376 e. The third-order valence-electron chi connectivity index (χ3n) is 3.04. The quantitative estimate of drug-likeness (QED) is 0.616. The molecule has 0 spiro atoms. The van der Waals surface area contributed by atoms with Gasteiger partial charge < -0.3 is 4.74 Å². The summed E-state index contributed by atoms with van der Waals surface area (Å²) in [7, 11) is 0. The van der Waals surface area contributed by atoms with Crippen molar-refractivity contribution in [1.82, 2.24) is 0 Å². The summed E-state index contributed by atoms with van der Waals surface area (Å²) >= 11 is 0. The van der Waals surface area contributed by atoms with Gasteiger partial charge in [0.05, 0.1) is 5.60 Å². The van der Waals surface area contributed by atoms with Gasteiger partial charge in [-0.2, -0.15) is 0 Å². The maximum absolute atomic E-state index is 5.69. The van der Waals surface area contributed by atoms with E-state index < -0.39 is 0 Å². The lowest BCUT2D eigenvalue weighted by atomic mass is 10.0. The molecule has 0 aliphatic rings. The molecule has 1 heteroatoms. The first-order valence-corrected chi connectivity index (χ1v) is 6.91. The molecule has 0 aliphatic carbocycles. The Morgan fingerprint density at radius 2 is 2.06 bits per heavy atom. The number of allylic oxidation sites excluding steroid dienone is 1. The maximum atomic E-state index is 5.69. The highest BCUT2D eigenvalue weighted by Gasteiger charge is 2.15. The first kappa shape index (κ1) is 15.0. The third kappa shape index (κ3) is 6.02. The van der Waals surface area contributed by atoms with Crippen LogP contribution in [0, 0.1) is 6.92 Å². The molecule has 0 saturated carbocycles. The van der Waals surface area contributed by atoms with Crippen molar-refractivity contribution in [2.24, 2.45) is 0 Å². The largest absolute Gasteiger partial charge is 0.376 e. The first-order chi connectivity index (χ1) is 8.53. The fourth-order valence-corrected chi connectivity index (χ4v) is 2.10. The highest BCUT2D eigenvalue weighted by atomic mass is 16.5. The molecule has 0 bridgehead atoms. The van der Waals surface area contributed by atoms with Gasteiger partial charge in [0.1, 0.15) is 0 Å². The van der Waals surface area contributed by atoms with Crippen molar-refractivity contribution in [1.29, 1.82) is 0 Å². The van der Waals surface area contributed by atoms with Crippen LogP contribution in [-0.4, -0.2) is 12.2 Å². The lowest BCUT2D eigenvalue weighted by molar-refractivity contribution is -0.0171. The molecule has 1 aromatic rings. The molecule has 0 saturated heterocycles. The van der Waals surface area contributed by atoms with Crippen molar-refractivity contribution in [2.45, 2.75) is 52.6 Å². The minimum absolute atomic E-state index is 0.0198. The number of benzene rings is 1. The molecular formula is C17H26O. The van der Waals surface area contributed by atoms with Crippen LogP contribution in [0.1, 0.15) is 51.2 Å². The SMILES string of the molecule is CCOC(C)(C)CCC/C=C/c1cccc(C)c1. The molecule has 0 N–H and O–H groups in total. The molecule has 0 amide bonds. The van der Waals surface area contributed by atoms with Crippen LogP contribution in [0.2, 0.25) is 0 Å². The van der Waals surface area contributed by atoms with Gasteiger partial charge in [0.2, 0.25) is 0 Å². The van der Waals surface area contributed by atoms with Gasteiger partial charge in [-0.25, -0.2) is 0 Å². The molecule has 1 aromatic carbocycles. The Balaban J connectivity index is 2.30. The maximum Gasteiger partial charge on any atom is 0.0626 e. The fraction of sp³-hybridized carbons (Fsp3) is 0.529. The fourth-order valence-electron chi connectivity index (χ4n) is 2.10. The Bertz CT molecular complexity index is 377. The normalized spacial score (nSPS) is 12.2. The van der Waals surface area contributed by atoms with E-state index in [1.165, 1.54) is 17.5 Å². The van der Waals surface area contributed by atoms with E-state index in [9.17, 15) is 0 Å². The van der Waals surface area contributed by atoms with Crippen LogP contribution in [0.4, 0.5) is 0 Å². The molecule has 0 atom stereocenters. The summed E-state index contributed by atoms with van der Waals surface area (Å²) in [5.74, 6) is 0. The third-order valence-corrected chi connectivity index (χ3v) is 3.04. The van der Waals surface area contributed by atoms with Gasteiger partial charge in [0.15, 0.2) is 0 Å². The predicted octanol–water partition coefficient (Wildman–Crippen LogP) is 4.99. The number of aryl methyl sites for hydroxylation is 1. The lowest BCUT2D eigenvalue weighted by Crippen LogP contribution is -2.23. The number of hydrogen-bond donors (Lipinski definition) is 0. The van der Waals surface area contributed by atoms with Gasteiger partial charge >= 0.3 is 0 Å². The van der Waals surface area contributed by atoms with Crippen LogP contribution in [0.3, 0.4) is 0 Å². The second kappa shape index (κ2) is 7.38. The van der Waals surface area contributed by atoms with Crippen molar-refractivity contribution in [3.8, 4) is 0 Å². The summed E-state index contributed by atoms with van der Waals surface area (Å²) in [5.41, 5.74) is 2.63. The summed E-state index contributed by atoms with van der Waals surface area (Å²) in [5, 5.41) is 0. The predicted molar refractivity (Wildman–Crippen MR) is 79.8 cm³/mol. The molecule has 0 radical (unpaired) electrons. The molecule has 0 unspecified atom stereocenters. The summed E-state index contributed by atoms with van der Waals surface area (Å²) in [4.78, 5) is 0.